The molecule has 0 saturated heterocycles. The average Bonchev–Trinajstić information content (AvgIpc) is 2.59. The number of ether oxygens (including phenoxy) is 1. The van der Waals surface area contributed by atoms with E-state index in [1.807, 2.05) is 6.07 Å². The van der Waals surface area contributed by atoms with Gasteiger partial charge in [-0.15, -0.1) is 5.10 Å². The van der Waals surface area contributed by atoms with Crippen LogP contribution in [-0.2, 0) is 0 Å². The van der Waals surface area contributed by atoms with E-state index >= 15 is 0 Å². The van der Waals surface area contributed by atoms with Gasteiger partial charge in [-0.25, -0.2) is 4.68 Å². The van der Waals surface area contributed by atoms with Crippen molar-refractivity contribution in [3.05, 3.63) is 16.3 Å². The molecule has 0 radical (unpaired) electrons. The number of hydrogen-bond acceptors (Lipinski definition) is 5. The van der Waals surface area contributed by atoms with Crippen molar-refractivity contribution in [2.45, 2.75) is 32.9 Å². The first-order chi connectivity index (χ1) is 7.45. The third kappa shape index (κ3) is 2.48. The molecule has 1 atom stereocenters. The van der Waals surface area contributed by atoms with Crippen molar-refractivity contribution in [3.63, 3.8) is 0 Å². The lowest BCUT2D eigenvalue weighted by Gasteiger charge is -2.05. The number of nitriles is 1. The summed E-state index contributed by atoms with van der Waals surface area (Å²) in [6.07, 6.45) is 0.991. The summed E-state index contributed by atoms with van der Waals surface area (Å²) in [6, 6.07) is 1.37. The molecule has 7 heteroatoms. The summed E-state index contributed by atoms with van der Waals surface area (Å²) in [5.74, 6) is -0.0536. The van der Waals surface area contributed by atoms with Gasteiger partial charge in [-0.1, -0.05) is 0 Å². The molecule has 0 N–H and O–H groups in total. The van der Waals surface area contributed by atoms with Gasteiger partial charge in [-0.2, -0.15) is 5.26 Å². The summed E-state index contributed by atoms with van der Waals surface area (Å²) in [5, 5.41) is 23.3. The molecule has 1 aromatic heterocycles. The van der Waals surface area contributed by atoms with Gasteiger partial charge in [-0.3, -0.25) is 10.1 Å². The van der Waals surface area contributed by atoms with Crippen LogP contribution in [0.1, 0.15) is 26.8 Å². The van der Waals surface area contributed by atoms with Crippen LogP contribution in [0, 0.1) is 21.4 Å². The highest BCUT2D eigenvalue weighted by Gasteiger charge is 2.23. The summed E-state index contributed by atoms with van der Waals surface area (Å²) in [6.45, 7) is 5.09. The van der Waals surface area contributed by atoms with E-state index in [1.54, 1.807) is 20.8 Å². The second-order valence-corrected chi connectivity index (χ2v) is 3.53. The van der Waals surface area contributed by atoms with Gasteiger partial charge in [0.25, 0.3) is 0 Å². The maximum Gasteiger partial charge on any atom is 0.350 e. The molecular formula is C9H12N4O3. The highest BCUT2D eigenvalue weighted by molar-refractivity contribution is 5.38. The Morgan fingerprint density at radius 3 is 2.69 bits per heavy atom. The molecule has 0 saturated carbocycles. The standard InChI is InChI=1S/C9H12N4O3/c1-6(2)16-9-8(13(14)15)5-12(11-9)7(3)4-10/h5-7H,1-3H3. The van der Waals surface area contributed by atoms with E-state index in [1.165, 1.54) is 10.9 Å². The van der Waals surface area contributed by atoms with Crippen molar-refractivity contribution in [2.75, 3.05) is 0 Å². The van der Waals surface area contributed by atoms with Crippen molar-refractivity contribution in [1.29, 1.82) is 5.26 Å². The highest BCUT2D eigenvalue weighted by Crippen LogP contribution is 2.27. The predicted molar refractivity (Wildman–Crippen MR) is 55.0 cm³/mol. The highest BCUT2D eigenvalue weighted by atomic mass is 16.6. The molecular weight excluding hydrogens is 212 g/mol. The SMILES string of the molecule is CC(C)Oc1nn(C(C)C#N)cc1[N+](=O)[O-]. The number of aromatic nitrogens is 2. The Balaban J connectivity index is 3.11. The van der Waals surface area contributed by atoms with Crippen molar-refractivity contribution < 1.29 is 9.66 Å². The maximum atomic E-state index is 10.7. The molecule has 0 aliphatic heterocycles. The van der Waals surface area contributed by atoms with E-state index in [0.29, 0.717) is 0 Å². The van der Waals surface area contributed by atoms with Gasteiger partial charge in [0.15, 0.2) is 0 Å². The summed E-state index contributed by atoms with van der Waals surface area (Å²) in [5.41, 5.74) is -0.226. The van der Waals surface area contributed by atoms with Gasteiger partial charge in [0, 0.05) is 0 Å². The number of hydrogen-bond donors (Lipinski definition) is 0. The molecule has 0 bridgehead atoms. The topological polar surface area (TPSA) is 94.0 Å². The molecule has 0 aromatic carbocycles. The van der Waals surface area contributed by atoms with E-state index in [0.717, 1.165) is 0 Å². The van der Waals surface area contributed by atoms with Gasteiger partial charge in [-0.05, 0) is 20.8 Å². The molecule has 1 unspecified atom stereocenters. The molecule has 1 aromatic rings. The third-order valence-corrected chi connectivity index (χ3v) is 1.81. The minimum Gasteiger partial charge on any atom is -0.469 e. The maximum absolute atomic E-state index is 10.7. The zero-order valence-electron chi connectivity index (χ0n) is 9.25. The third-order valence-electron chi connectivity index (χ3n) is 1.81. The normalized spacial score (nSPS) is 12.2. The fraction of sp³-hybridized carbons (Fsp3) is 0.556. The second-order valence-electron chi connectivity index (χ2n) is 3.53. The van der Waals surface area contributed by atoms with Crippen LogP contribution in [0.2, 0.25) is 0 Å². The first-order valence-electron chi connectivity index (χ1n) is 4.75. The Kier molecular flexibility index (Phi) is 3.45. The Hall–Kier alpha value is -2.10. The smallest absolute Gasteiger partial charge is 0.350 e. The van der Waals surface area contributed by atoms with Crippen LogP contribution in [0.15, 0.2) is 6.20 Å². The van der Waals surface area contributed by atoms with Crippen LogP contribution in [-0.4, -0.2) is 20.8 Å². The lowest BCUT2D eigenvalue weighted by Crippen LogP contribution is -2.08. The van der Waals surface area contributed by atoms with Crippen LogP contribution in [0.3, 0.4) is 0 Å². The van der Waals surface area contributed by atoms with Crippen molar-refractivity contribution >= 4 is 5.69 Å². The van der Waals surface area contributed by atoms with Gasteiger partial charge in [0.05, 0.1) is 17.1 Å². The summed E-state index contributed by atoms with van der Waals surface area (Å²) >= 11 is 0. The molecule has 0 fully saturated rings. The summed E-state index contributed by atoms with van der Waals surface area (Å²) < 4.78 is 6.42. The molecule has 16 heavy (non-hydrogen) atoms. The molecule has 1 rings (SSSR count). The van der Waals surface area contributed by atoms with Gasteiger partial charge < -0.3 is 4.74 Å². The monoisotopic (exact) mass is 224 g/mol. The van der Waals surface area contributed by atoms with E-state index in [9.17, 15) is 10.1 Å². The molecule has 1 heterocycles. The Morgan fingerprint density at radius 2 is 2.25 bits per heavy atom. The Labute approximate surface area is 92.4 Å². The lowest BCUT2D eigenvalue weighted by atomic mass is 10.4. The molecule has 0 aliphatic rings. The van der Waals surface area contributed by atoms with Crippen molar-refractivity contribution in [3.8, 4) is 11.9 Å². The Morgan fingerprint density at radius 1 is 1.62 bits per heavy atom. The second kappa shape index (κ2) is 4.61. The van der Waals surface area contributed by atoms with Gasteiger partial charge in [0.2, 0.25) is 0 Å². The molecule has 7 nitrogen and oxygen atoms in total. The zero-order valence-corrected chi connectivity index (χ0v) is 9.25. The number of nitrogens with zero attached hydrogens (tertiary/aromatic N) is 4. The summed E-state index contributed by atoms with van der Waals surface area (Å²) in [7, 11) is 0. The minimum atomic E-state index is -0.578. The van der Waals surface area contributed by atoms with E-state index < -0.39 is 11.0 Å². The van der Waals surface area contributed by atoms with E-state index in [4.69, 9.17) is 10.00 Å². The van der Waals surface area contributed by atoms with Crippen LogP contribution in [0.4, 0.5) is 5.69 Å². The van der Waals surface area contributed by atoms with Crippen LogP contribution in [0.25, 0.3) is 0 Å². The zero-order chi connectivity index (χ0) is 12.3. The van der Waals surface area contributed by atoms with Crippen molar-refractivity contribution in [1.82, 2.24) is 9.78 Å². The first kappa shape index (κ1) is 12.0. The fourth-order valence-corrected chi connectivity index (χ4v) is 1.06. The average molecular weight is 224 g/mol. The first-order valence-corrected chi connectivity index (χ1v) is 4.75. The lowest BCUT2D eigenvalue weighted by molar-refractivity contribution is -0.386. The Bertz CT molecular complexity index is 432. The summed E-state index contributed by atoms with van der Waals surface area (Å²) in [4.78, 5) is 10.1. The van der Waals surface area contributed by atoms with Crippen LogP contribution in [0.5, 0.6) is 5.88 Å². The quantitative estimate of drug-likeness (QED) is 0.572. The predicted octanol–water partition coefficient (Wildman–Crippen LogP) is 1.66. The molecule has 86 valence electrons. The van der Waals surface area contributed by atoms with Gasteiger partial charge >= 0.3 is 11.6 Å². The van der Waals surface area contributed by atoms with E-state index in [-0.39, 0.29) is 17.7 Å². The molecule has 0 amide bonds. The fourth-order valence-electron chi connectivity index (χ4n) is 1.06. The largest absolute Gasteiger partial charge is 0.469 e. The number of nitro groups is 1. The van der Waals surface area contributed by atoms with Crippen molar-refractivity contribution in [2.24, 2.45) is 0 Å². The van der Waals surface area contributed by atoms with E-state index in [2.05, 4.69) is 5.10 Å². The minimum absolute atomic E-state index is 0.0536. The molecule has 0 spiro atoms. The molecule has 0 aliphatic carbocycles. The van der Waals surface area contributed by atoms with Crippen LogP contribution < -0.4 is 4.74 Å². The number of rotatable bonds is 4. The van der Waals surface area contributed by atoms with Crippen LogP contribution >= 0.6 is 0 Å². The van der Waals surface area contributed by atoms with Gasteiger partial charge in [0.1, 0.15) is 12.2 Å².